The summed E-state index contributed by atoms with van der Waals surface area (Å²) in [5.41, 5.74) is 0.278. The highest BCUT2D eigenvalue weighted by Crippen LogP contribution is 2.26. The number of amides is 3. The Labute approximate surface area is 122 Å². The fourth-order valence-electron chi connectivity index (χ4n) is 1.75. The van der Waals surface area contributed by atoms with Crippen molar-refractivity contribution in [2.75, 3.05) is 0 Å². The molecule has 0 spiro atoms. The van der Waals surface area contributed by atoms with Crippen molar-refractivity contribution in [1.29, 1.82) is 0 Å². The molecule has 0 aliphatic carbocycles. The molecule has 2 N–H and O–H groups in total. The molecule has 1 heterocycles. The molecule has 5 nitrogen and oxygen atoms in total. The Morgan fingerprint density at radius 2 is 2.16 bits per heavy atom. The van der Waals surface area contributed by atoms with Gasteiger partial charge >= 0.3 is 0 Å². The zero-order valence-electron chi connectivity index (χ0n) is 9.70. The van der Waals surface area contributed by atoms with Gasteiger partial charge in [-0.3, -0.25) is 19.7 Å². The molecule has 1 aromatic carbocycles. The van der Waals surface area contributed by atoms with Crippen LogP contribution in [0.4, 0.5) is 0 Å². The summed E-state index contributed by atoms with van der Waals surface area (Å²) in [5, 5.41) is 5.03. The van der Waals surface area contributed by atoms with E-state index in [0.717, 1.165) is 0 Å². The molecule has 0 bridgehead atoms. The Morgan fingerprint density at radius 1 is 1.42 bits per heavy atom. The minimum absolute atomic E-state index is 0.211. The quantitative estimate of drug-likeness (QED) is 0.800. The number of halogens is 2. The summed E-state index contributed by atoms with van der Waals surface area (Å²) in [6.45, 7) is 0. The molecule has 1 saturated heterocycles. The second-order valence-corrected chi connectivity index (χ2v) is 5.31. The van der Waals surface area contributed by atoms with Gasteiger partial charge in [0.1, 0.15) is 6.04 Å². The minimum Gasteiger partial charge on any atom is -0.340 e. The van der Waals surface area contributed by atoms with Crippen LogP contribution >= 0.6 is 27.5 Å². The average Bonchev–Trinajstić information content (AvgIpc) is 2.36. The molecule has 19 heavy (non-hydrogen) atoms. The molecule has 1 aliphatic heterocycles. The summed E-state index contributed by atoms with van der Waals surface area (Å²) in [6, 6.07) is 4.25. The molecule has 7 heteroatoms. The fourth-order valence-corrected chi connectivity index (χ4v) is 2.32. The number of benzene rings is 1. The van der Waals surface area contributed by atoms with Crippen LogP contribution in [-0.4, -0.2) is 23.8 Å². The van der Waals surface area contributed by atoms with E-state index in [0.29, 0.717) is 10.9 Å². The normalized spacial score (nSPS) is 18.9. The lowest BCUT2D eigenvalue weighted by Gasteiger charge is -2.22. The van der Waals surface area contributed by atoms with E-state index in [-0.39, 0.29) is 22.9 Å². The van der Waals surface area contributed by atoms with E-state index >= 15 is 0 Å². The summed E-state index contributed by atoms with van der Waals surface area (Å²) in [4.78, 5) is 34.6. The van der Waals surface area contributed by atoms with Crippen molar-refractivity contribution in [2.45, 2.75) is 18.9 Å². The van der Waals surface area contributed by atoms with Crippen molar-refractivity contribution in [2.24, 2.45) is 0 Å². The van der Waals surface area contributed by atoms with Crippen molar-refractivity contribution in [3.8, 4) is 0 Å². The molecule has 0 aromatic heterocycles. The monoisotopic (exact) mass is 344 g/mol. The molecule has 1 atom stereocenters. The molecule has 1 fully saturated rings. The van der Waals surface area contributed by atoms with Crippen molar-refractivity contribution < 1.29 is 14.4 Å². The maximum absolute atomic E-state index is 12.0. The van der Waals surface area contributed by atoms with E-state index in [1.54, 1.807) is 18.2 Å². The number of rotatable bonds is 2. The third kappa shape index (κ3) is 3.13. The van der Waals surface area contributed by atoms with Crippen LogP contribution in [0, 0.1) is 0 Å². The van der Waals surface area contributed by atoms with Crippen molar-refractivity contribution >= 4 is 45.3 Å². The van der Waals surface area contributed by atoms with Gasteiger partial charge in [0.05, 0.1) is 10.6 Å². The average molecular weight is 346 g/mol. The maximum Gasteiger partial charge on any atom is 0.253 e. The standard InChI is InChI=1S/C12H10BrClN2O3/c13-7-3-1-2-6(10(7)14)11(18)15-8-4-5-9(17)16-12(8)19/h1-3,8H,4-5H2,(H,15,18)(H,16,17,19). The van der Waals surface area contributed by atoms with Crippen LogP contribution in [0.15, 0.2) is 22.7 Å². The first-order valence-electron chi connectivity index (χ1n) is 5.57. The second-order valence-electron chi connectivity index (χ2n) is 4.08. The molecule has 0 saturated carbocycles. The number of carbonyl (C=O) groups is 3. The number of nitrogens with one attached hydrogen (secondary N) is 2. The Kier molecular flexibility index (Phi) is 4.21. The lowest BCUT2D eigenvalue weighted by molar-refractivity contribution is -0.134. The summed E-state index contributed by atoms with van der Waals surface area (Å²) in [6.07, 6.45) is 0.505. The molecule has 2 rings (SSSR count). The Morgan fingerprint density at radius 3 is 2.84 bits per heavy atom. The Balaban J connectivity index is 2.11. The minimum atomic E-state index is -0.708. The van der Waals surface area contributed by atoms with Crippen molar-refractivity contribution in [1.82, 2.24) is 10.6 Å². The lowest BCUT2D eigenvalue weighted by Crippen LogP contribution is -2.52. The van der Waals surface area contributed by atoms with Crippen LogP contribution in [0.1, 0.15) is 23.2 Å². The second kappa shape index (κ2) is 5.71. The number of piperidine rings is 1. The number of hydrogen-bond acceptors (Lipinski definition) is 3. The molecule has 3 amide bonds. The third-order valence-corrected chi connectivity index (χ3v) is 4.04. The number of imide groups is 1. The van der Waals surface area contributed by atoms with E-state index < -0.39 is 17.9 Å². The van der Waals surface area contributed by atoms with E-state index in [4.69, 9.17) is 11.6 Å². The number of hydrogen-bond donors (Lipinski definition) is 2. The van der Waals surface area contributed by atoms with E-state index in [1.807, 2.05) is 0 Å². The SMILES string of the molecule is O=C1CCC(NC(=O)c2cccc(Br)c2Cl)C(=O)N1. The van der Waals surface area contributed by atoms with E-state index in [2.05, 4.69) is 26.6 Å². The zero-order chi connectivity index (χ0) is 14.0. The molecule has 100 valence electrons. The fraction of sp³-hybridized carbons (Fsp3) is 0.250. The van der Waals surface area contributed by atoms with Crippen molar-refractivity contribution in [3.63, 3.8) is 0 Å². The van der Waals surface area contributed by atoms with Crippen LogP contribution in [0.5, 0.6) is 0 Å². The number of carbonyl (C=O) groups excluding carboxylic acids is 3. The van der Waals surface area contributed by atoms with E-state index in [9.17, 15) is 14.4 Å². The van der Waals surface area contributed by atoms with E-state index in [1.165, 1.54) is 0 Å². The van der Waals surface area contributed by atoms with Gasteiger partial charge in [0.2, 0.25) is 11.8 Å². The predicted octanol–water partition coefficient (Wildman–Crippen LogP) is 1.64. The van der Waals surface area contributed by atoms with Gasteiger partial charge in [-0.15, -0.1) is 0 Å². The predicted molar refractivity (Wildman–Crippen MR) is 72.8 cm³/mol. The third-order valence-electron chi connectivity index (χ3n) is 2.74. The summed E-state index contributed by atoms with van der Waals surface area (Å²) in [7, 11) is 0. The molecule has 1 aliphatic rings. The molecule has 0 radical (unpaired) electrons. The van der Waals surface area contributed by atoms with Crippen LogP contribution in [0.2, 0.25) is 5.02 Å². The largest absolute Gasteiger partial charge is 0.340 e. The van der Waals surface area contributed by atoms with Crippen molar-refractivity contribution in [3.05, 3.63) is 33.3 Å². The van der Waals surface area contributed by atoms with Gasteiger partial charge in [0.15, 0.2) is 0 Å². The van der Waals surface area contributed by atoms with Crippen LogP contribution in [0.25, 0.3) is 0 Å². The highest BCUT2D eigenvalue weighted by molar-refractivity contribution is 9.10. The first-order chi connectivity index (χ1) is 8.99. The van der Waals surface area contributed by atoms with Gasteiger partial charge in [-0.05, 0) is 34.5 Å². The molecule has 1 unspecified atom stereocenters. The molecular weight excluding hydrogens is 336 g/mol. The summed E-state index contributed by atoms with van der Waals surface area (Å²) >= 11 is 9.23. The highest BCUT2D eigenvalue weighted by atomic mass is 79.9. The van der Waals surface area contributed by atoms with Gasteiger partial charge < -0.3 is 5.32 Å². The van der Waals surface area contributed by atoms with Crippen LogP contribution < -0.4 is 10.6 Å². The first kappa shape index (κ1) is 14.0. The molecular formula is C12H10BrClN2O3. The molecule has 1 aromatic rings. The highest BCUT2D eigenvalue weighted by Gasteiger charge is 2.28. The van der Waals surface area contributed by atoms with Gasteiger partial charge in [-0.25, -0.2) is 0 Å². The Hall–Kier alpha value is -1.40. The smallest absolute Gasteiger partial charge is 0.253 e. The first-order valence-corrected chi connectivity index (χ1v) is 6.74. The van der Waals surface area contributed by atoms with Crippen LogP contribution in [-0.2, 0) is 9.59 Å². The van der Waals surface area contributed by atoms with Gasteiger partial charge in [-0.2, -0.15) is 0 Å². The lowest BCUT2D eigenvalue weighted by atomic mass is 10.1. The van der Waals surface area contributed by atoms with Crippen LogP contribution in [0.3, 0.4) is 0 Å². The summed E-state index contributed by atoms with van der Waals surface area (Å²) < 4.78 is 0.602. The Bertz CT molecular complexity index is 562. The zero-order valence-corrected chi connectivity index (χ0v) is 12.0. The van der Waals surface area contributed by atoms with Gasteiger partial charge in [-0.1, -0.05) is 17.7 Å². The topological polar surface area (TPSA) is 75.3 Å². The van der Waals surface area contributed by atoms with Gasteiger partial charge in [0, 0.05) is 10.9 Å². The maximum atomic E-state index is 12.0. The van der Waals surface area contributed by atoms with Gasteiger partial charge in [0.25, 0.3) is 5.91 Å². The summed E-state index contributed by atoms with van der Waals surface area (Å²) in [5.74, 6) is -1.26.